The van der Waals surface area contributed by atoms with Crippen molar-refractivity contribution >= 4 is 34.0 Å². The lowest BCUT2D eigenvalue weighted by atomic mass is 9.93. The van der Waals surface area contributed by atoms with Crippen molar-refractivity contribution in [1.82, 2.24) is 21.3 Å². The molecule has 13 N–H and O–H groups in total. The number of rotatable bonds is 27. The Hall–Kier alpha value is -4.13. The standard InChI is InChI=1S/C48H76N4O25S/c1-5-6-7-8-9-10-11-12-13-17-69-27-16-14-15-26(18-27)44(64)52-33-37(60)36(59)28(19-53)72-46(33)75-41-29(20-54)73-47(34(39(41)62)50-24(3)57)76-42-30(21-55)74-48(35(40(42)63)51-25(4)58)77-43-31(22-70-78(66,67)68)71-45(65)32(38(43)61)49-23(2)56/h10-11,14-16,18,28-43,45-48,53-55,59-63,65H,5-9,12-13,17,19-22H2,1-4H3,(H,49,56)(H,50,57)(H,51,58)(H,52,64)(H,66,67,68)/p-1/b11-10-/t28?,29-,30?,31-,32?,33?,34?,35?,36+,37+,38?,39?,40+,41+,42+,43+,45+,46-,47-,48-/m0/s1. The summed E-state index contributed by atoms with van der Waals surface area (Å²) in [6.07, 6.45) is -18.3. The summed E-state index contributed by atoms with van der Waals surface area (Å²) in [5, 5.41) is 109. The Morgan fingerprint density at radius 1 is 0.603 bits per heavy atom. The summed E-state index contributed by atoms with van der Waals surface area (Å²) in [5.74, 6) is -2.88. The number of carbonyl (C=O) groups is 4. The molecular weight excluding hydrogens is 1060 g/mol. The SMILES string of the molecule is CCCCCC/C=C\CCCOc1cccc(C(=O)NC2[C@H](O[C@H]3C(O)C(NC(C)=O)[C@H](O[C@@H]4C(CO)O[C@@H](O[C@H]5C(O)C(NC(C)=O)[C@H](O)O[C@H]5COS(=O)(=O)[O-])C(NC(C)=O)[C@H]4O)O[C@H]3CO)OC(CO)[C@@H](O)[C@@H]2O)c1. The predicted octanol–water partition coefficient (Wildman–Crippen LogP) is -4.71. The monoisotopic (exact) mass is 1140 g/mol. The lowest BCUT2D eigenvalue weighted by Crippen LogP contribution is -2.71. The van der Waals surface area contributed by atoms with E-state index in [0.29, 0.717) is 18.8 Å². The van der Waals surface area contributed by atoms with E-state index in [9.17, 15) is 78.1 Å². The lowest BCUT2D eigenvalue weighted by molar-refractivity contribution is -0.361. The molecule has 444 valence electrons. The zero-order valence-corrected chi connectivity index (χ0v) is 44.3. The van der Waals surface area contributed by atoms with Crippen LogP contribution in [0.3, 0.4) is 0 Å². The third-order valence-electron chi connectivity index (χ3n) is 13.2. The van der Waals surface area contributed by atoms with Gasteiger partial charge in [-0.2, -0.15) is 0 Å². The maximum Gasteiger partial charge on any atom is 0.251 e. The molecule has 4 heterocycles. The molecule has 29 nitrogen and oxygen atoms in total. The maximum absolute atomic E-state index is 13.8. The third-order valence-corrected chi connectivity index (χ3v) is 13.6. The van der Waals surface area contributed by atoms with Crippen molar-refractivity contribution < 1.29 is 120 Å². The topological polar surface area (TPSA) is 439 Å². The quantitative estimate of drug-likeness (QED) is 0.0170. The van der Waals surface area contributed by atoms with Crippen LogP contribution in [-0.4, -0.2) is 238 Å². The minimum atomic E-state index is -5.41. The van der Waals surface area contributed by atoms with Crippen molar-refractivity contribution in [1.29, 1.82) is 0 Å². The van der Waals surface area contributed by atoms with Crippen LogP contribution in [0.4, 0.5) is 0 Å². The zero-order chi connectivity index (χ0) is 57.4. The molecule has 78 heavy (non-hydrogen) atoms. The Bertz CT molecular complexity index is 2220. The Kier molecular flexibility index (Phi) is 25.4. The number of ether oxygens (including phenoxy) is 8. The van der Waals surface area contributed by atoms with E-state index < -0.39 is 183 Å². The fourth-order valence-electron chi connectivity index (χ4n) is 9.35. The maximum atomic E-state index is 13.8. The Balaban J connectivity index is 1.34. The first-order valence-corrected chi connectivity index (χ1v) is 26.9. The summed E-state index contributed by atoms with van der Waals surface area (Å²) in [6, 6.07) is -0.712. The van der Waals surface area contributed by atoms with Crippen molar-refractivity contribution in [2.24, 2.45) is 0 Å². The van der Waals surface area contributed by atoms with Crippen LogP contribution < -0.4 is 26.0 Å². The average molecular weight is 1140 g/mol. The molecule has 5 rings (SSSR count). The summed E-state index contributed by atoms with van der Waals surface area (Å²) >= 11 is 0. The molecule has 0 spiro atoms. The van der Waals surface area contributed by atoms with Crippen molar-refractivity contribution in [3.8, 4) is 5.75 Å². The number of benzene rings is 1. The summed E-state index contributed by atoms with van der Waals surface area (Å²) in [5.41, 5.74) is 0.0566. The molecule has 4 aliphatic rings. The van der Waals surface area contributed by atoms with Gasteiger partial charge in [0.25, 0.3) is 5.91 Å². The van der Waals surface area contributed by atoms with E-state index in [4.69, 9.17) is 37.9 Å². The smallest absolute Gasteiger partial charge is 0.251 e. The van der Waals surface area contributed by atoms with Crippen LogP contribution >= 0.6 is 0 Å². The molecule has 1 aromatic carbocycles. The van der Waals surface area contributed by atoms with Gasteiger partial charge in [-0.1, -0.05) is 44.4 Å². The molecule has 1 aromatic rings. The second kappa shape index (κ2) is 30.6. The van der Waals surface area contributed by atoms with E-state index >= 15 is 0 Å². The van der Waals surface area contributed by atoms with Gasteiger partial charge in [-0.25, -0.2) is 8.42 Å². The second-order valence-electron chi connectivity index (χ2n) is 19.2. The number of hydrogen-bond acceptors (Lipinski definition) is 25. The van der Waals surface area contributed by atoms with E-state index in [1.54, 1.807) is 12.1 Å². The van der Waals surface area contributed by atoms with E-state index in [0.717, 1.165) is 46.5 Å². The molecule has 0 aromatic heterocycles. The largest absolute Gasteiger partial charge is 0.726 e. The molecule has 20 atom stereocenters. The van der Waals surface area contributed by atoms with Gasteiger partial charge in [-0.3, -0.25) is 23.4 Å². The van der Waals surface area contributed by atoms with E-state index in [1.165, 1.54) is 25.0 Å². The van der Waals surface area contributed by atoms with Gasteiger partial charge in [0, 0.05) is 26.3 Å². The number of carbonyl (C=O) groups excluding carboxylic acids is 4. The minimum absolute atomic E-state index is 0.0566. The molecular formula is C48H75N4O25S-. The number of hydrogen-bond donors (Lipinski definition) is 13. The number of unbranched alkanes of at least 4 members (excludes halogenated alkanes) is 5. The van der Waals surface area contributed by atoms with E-state index in [2.05, 4.69) is 44.5 Å². The predicted molar refractivity (Wildman–Crippen MR) is 262 cm³/mol. The Labute approximate surface area is 450 Å². The van der Waals surface area contributed by atoms with Gasteiger partial charge >= 0.3 is 0 Å². The van der Waals surface area contributed by atoms with Crippen molar-refractivity contribution in [3.63, 3.8) is 0 Å². The summed E-state index contributed by atoms with van der Waals surface area (Å²) in [6.45, 7) is 1.50. The summed E-state index contributed by atoms with van der Waals surface area (Å²) < 4.78 is 85.6. The van der Waals surface area contributed by atoms with Gasteiger partial charge in [0.15, 0.2) is 25.2 Å². The number of aliphatic hydroxyl groups is 9. The van der Waals surface area contributed by atoms with Crippen LogP contribution in [0.25, 0.3) is 0 Å². The Morgan fingerprint density at radius 2 is 1.08 bits per heavy atom. The number of aliphatic hydroxyl groups excluding tert-OH is 9. The summed E-state index contributed by atoms with van der Waals surface area (Å²) in [4.78, 5) is 51.1. The second-order valence-corrected chi connectivity index (χ2v) is 20.3. The lowest BCUT2D eigenvalue weighted by Gasteiger charge is -2.51. The Morgan fingerprint density at radius 3 is 1.58 bits per heavy atom. The third kappa shape index (κ3) is 17.9. The van der Waals surface area contributed by atoms with E-state index in [-0.39, 0.29) is 5.56 Å². The van der Waals surface area contributed by atoms with Crippen molar-refractivity contribution in [3.05, 3.63) is 42.0 Å². The van der Waals surface area contributed by atoms with Crippen LogP contribution in [0.2, 0.25) is 0 Å². The van der Waals surface area contributed by atoms with Crippen molar-refractivity contribution in [2.45, 2.75) is 195 Å². The minimum Gasteiger partial charge on any atom is -0.726 e. The van der Waals surface area contributed by atoms with E-state index in [1.807, 2.05) is 0 Å². The molecule has 0 radical (unpaired) electrons. The van der Waals surface area contributed by atoms with Crippen LogP contribution in [0.1, 0.15) is 83.0 Å². The van der Waals surface area contributed by atoms with Gasteiger partial charge in [0.2, 0.25) is 28.1 Å². The molecule has 30 heteroatoms. The van der Waals surface area contributed by atoms with Crippen LogP contribution in [0, 0.1) is 0 Å². The number of allylic oxidation sites excluding steroid dienone is 2. The molecule has 0 bridgehead atoms. The van der Waals surface area contributed by atoms with Gasteiger partial charge in [0.05, 0.1) is 33.0 Å². The highest BCUT2D eigenvalue weighted by Crippen LogP contribution is 2.35. The number of nitrogens with one attached hydrogen (secondary N) is 4. The fourth-order valence-corrected chi connectivity index (χ4v) is 9.65. The molecule has 4 amide bonds. The molecule has 0 aliphatic carbocycles. The first-order valence-electron chi connectivity index (χ1n) is 25.6. The molecule has 4 fully saturated rings. The van der Waals surface area contributed by atoms with Crippen molar-refractivity contribution in [2.75, 3.05) is 33.0 Å². The highest BCUT2D eigenvalue weighted by atomic mass is 32.3. The van der Waals surface area contributed by atoms with Gasteiger partial charge in [-0.15, -0.1) is 0 Å². The highest BCUT2D eigenvalue weighted by Gasteiger charge is 2.56. The average Bonchev–Trinajstić information content (AvgIpc) is 3.47. The number of amides is 4. The van der Waals surface area contributed by atoms with Crippen LogP contribution in [-0.2, 0) is 62.1 Å². The highest BCUT2D eigenvalue weighted by molar-refractivity contribution is 7.80. The molecule has 4 aliphatic heterocycles. The first kappa shape index (κ1) is 64.7. The molecule has 4 saturated heterocycles. The first-order chi connectivity index (χ1) is 37.0. The van der Waals surface area contributed by atoms with Gasteiger partial charge < -0.3 is 110 Å². The fraction of sp³-hybridized carbons (Fsp3) is 0.750. The molecule has 0 saturated carbocycles. The summed E-state index contributed by atoms with van der Waals surface area (Å²) in [7, 11) is -5.41. The van der Waals surface area contributed by atoms with Crippen LogP contribution in [0.5, 0.6) is 5.75 Å². The zero-order valence-electron chi connectivity index (χ0n) is 43.5. The van der Waals surface area contributed by atoms with Gasteiger partial charge in [0.1, 0.15) is 103 Å². The molecule has 8 unspecified atom stereocenters. The van der Waals surface area contributed by atoms with Gasteiger partial charge in [-0.05, 0) is 43.9 Å². The normalized spacial score (nSPS) is 35.4. The van der Waals surface area contributed by atoms with Crippen LogP contribution in [0.15, 0.2) is 36.4 Å².